The number of carbonyl (C=O) groups excluding carboxylic acids is 6. The lowest BCUT2D eigenvalue weighted by molar-refractivity contribution is -0.307. The summed E-state index contributed by atoms with van der Waals surface area (Å²) >= 11 is 0. The van der Waals surface area contributed by atoms with Gasteiger partial charge in [-0.2, -0.15) is 10.1 Å². The molecule has 2 unspecified atom stereocenters. The fourth-order valence-electron chi connectivity index (χ4n) is 10.1. The molecule has 0 aliphatic carbocycles. The monoisotopic (exact) mass is 858 g/mol. The summed E-state index contributed by atoms with van der Waals surface area (Å²) in [5.41, 5.74) is -1.24. The predicted octanol–water partition coefficient (Wildman–Crippen LogP) is 7.76. The second-order valence-corrected chi connectivity index (χ2v) is 19.9. The lowest BCUT2D eigenvalue weighted by Gasteiger charge is -2.53. The lowest BCUT2D eigenvalue weighted by Crippen LogP contribution is -2.63. The van der Waals surface area contributed by atoms with Crippen LogP contribution in [0, 0.1) is 0 Å². The molecule has 0 bridgehead atoms. The van der Waals surface area contributed by atoms with Crippen LogP contribution in [-0.4, -0.2) is 92.3 Å². The van der Waals surface area contributed by atoms with Crippen molar-refractivity contribution in [2.45, 2.75) is 192 Å². The summed E-state index contributed by atoms with van der Waals surface area (Å²) in [7, 11) is 0. The largest absolute Gasteiger partial charge is 0.462 e. The first-order chi connectivity index (χ1) is 29.2. The maximum atomic E-state index is 13.3. The Labute approximate surface area is 366 Å². The number of benzene rings is 2. The van der Waals surface area contributed by atoms with Gasteiger partial charge < -0.3 is 9.47 Å². The van der Waals surface area contributed by atoms with Crippen LogP contribution in [0.4, 0.5) is 11.4 Å². The van der Waals surface area contributed by atoms with Crippen LogP contribution in [0.15, 0.2) is 60.7 Å². The SMILES string of the molecule is CC1(C)CC(OC(=O)CCCCCCCCC(=O)OC2CC(C)(C)N(OC3CC(=O)N(c4ccccc4)C3=O)C(C)(C)C2)CC(C)(C)N1OC1CC(=O)N(c2ccccc2)C1=O. The molecule has 14 heteroatoms. The zero-order chi connectivity index (χ0) is 45.0. The Bertz CT molecular complexity index is 1770. The molecule has 6 rings (SSSR count). The molecule has 4 fully saturated rings. The fourth-order valence-corrected chi connectivity index (χ4v) is 10.1. The van der Waals surface area contributed by atoms with E-state index in [0.29, 0.717) is 49.9 Å². The topological polar surface area (TPSA) is 152 Å². The third-order valence-electron chi connectivity index (χ3n) is 12.4. The van der Waals surface area contributed by atoms with Crippen molar-refractivity contribution in [3.05, 3.63) is 60.7 Å². The van der Waals surface area contributed by atoms with E-state index in [1.54, 1.807) is 48.5 Å². The van der Waals surface area contributed by atoms with E-state index in [9.17, 15) is 28.8 Å². The second kappa shape index (κ2) is 19.1. The second-order valence-electron chi connectivity index (χ2n) is 19.9. The van der Waals surface area contributed by atoms with E-state index in [1.807, 2.05) is 77.6 Å². The van der Waals surface area contributed by atoms with Gasteiger partial charge >= 0.3 is 11.9 Å². The Morgan fingerprint density at radius 3 is 1.13 bits per heavy atom. The number of rotatable bonds is 17. The van der Waals surface area contributed by atoms with Crippen molar-refractivity contribution in [3.63, 3.8) is 0 Å². The van der Waals surface area contributed by atoms with Gasteiger partial charge in [0.2, 0.25) is 11.8 Å². The minimum absolute atomic E-state index is 0.0378. The Morgan fingerprint density at radius 2 is 0.806 bits per heavy atom. The van der Waals surface area contributed by atoms with Crippen molar-refractivity contribution in [1.29, 1.82) is 0 Å². The van der Waals surface area contributed by atoms with Crippen LogP contribution in [0.3, 0.4) is 0 Å². The van der Waals surface area contributed by atoms with E-state index < -0.39 is 34.4 Å². The van der Waals surface area contributed by atoms with E-state index in [-0.39, 0.29) is 60.6 Å². The average molecular weight is 859 g/mol. The van der Waals surface area contributed by atoms with Crippen LogP contribution in [0.25, 0.3) is 0 Å². The van der Waals surface area contributed by atoms with Gasteiger partial charge in [-0.3, -0.25) is 38.4 Å². The Hall–Kier alpha value is -4.50. The van der Waals surface area contributed by atoms with E-state index >= 15 is 0 Å². The van der Waals surface area contributed by atoms with Crippen LogP contribution < -0.4 is 9.80 Å². The predicted molar refractivity (Wildman–Crippen MR) is 232 cm³/mol. The molecule has 14 nitrogen and oxygen atoms in total. The molecule has 4 aliphatic heterocycles. The van der Waals surface area contributed by atoms with Gasteiger partial charge in [-0.05, 0) is 92.5 Å². The van der Waals surface area contributed by atoms with Crippen molar-refractivity contribution < 1.29 is 47.9 Å². The number of hydrogen-bond acceptors (Lipinski definition) is 12. The molecule has 0 saturated carbocycles. The first-order valence-corrected chi connectivity index (χ1v) is 22.4. The van der Waals surface area contributed by atoms with Crippen molar-refractivity contribution in [1.82, 2.24) is 10.1 Å². The maximum Gasteiger partial charge on any atom is 0.306 e. The van der Waals surface area contributed by atoms with Crippen LogP contribution in [-0.2, 0) is 47.9 Å². The van der Waals surface area contributed by atoms with Crippen molar-refractivity contribution >= 4 is 46.9 Å². The summed E-state index contributed by atoms with van der Waals surface area (Å²) < 4.78 is 12.0. The van der Waals surface area contributed by atoms with Gasteiger partial charge in [0.1, 0.15) is 12.2 Å². The summed E-state index contributed by atoms with van der Waals surface area (Å²) in [5, 5.41) is 3.64. The number of imide groups is 2. The van der Waals surface area contributed by atoms with Crippen molar-refractivity contribution in [2.24, 2.45) is 0 Å². The normalized spacial score (nSPS) is 24.2. The van der Waals surface area contributed by atoms with Gasteiger partial charge in [-0.1, -0.05) is 62.1 Å². The molecule has 2 atom stereocenters. The fraction of sp³-hybridized carbons (Fsp3) is 0.625. The minimum Gasteiger partial charge on any atom is -0.462 e. The number of ether oxygens (including phenoxy) is 2. The molecule has 62 heavy (non-hydrogen) atoms. The molecule has 0 N–H and O–H groups in total. The number of anilines is 2. The number of hydrogen-bond donors (Lipinski definition) is 0. The lowest BCUT2D eigenvalue weighted by atomic mass is 9.80. The molecule has 4 aliphatic rings. The summed E-state index contributed by atoms with van der Waals surface area (Å²) in [4.78, 5) is 93.1. The van der Waals surface area contributed by atoms with Gasteiger partial charge in [0.25, 0.3) is 11.8 Å². The highest BCUT2D eigenvalue weighted by Crippen LogP contribution is 2.43. The summed E-state index contributed by atoms with van der Waals surface area (Å²) in [6, 6.07) is 17.7. The Kier molecular flexibility index (Phi) is 14.5. The van der Waals surface area contributed by atoms with Crippen LogP contribution in [0.5, 0.6) is 0 Å². The highest BCUT2D eigenvalue weighted by Gasteiger charge is 2.53. The number of amides is 4. The molecule has 0 radical (unpaired) electrons. The van der Waals surface area contributed by atoms with Gasteiger partial charge in [0, 0.05) is 60.7 Å². The number of piperidine rings is 2. The minimum atomic E-state index is -0.925. The maximum absolute atomic E-state index is 13.3. The molecule has 2 aromatic carbocycles. The average Bonchev–Trinajstić information content (AvgIpc) is 3.63. The molecule has 0 spiro atoms. The molecule has 2 aromatic rings. The molecule has 4 amide bonds. The third kappa shape index (κ3) is 11.0. The highest BCUT2D eigenvalue weighted by molar-refractivity contribution is 6.22. The molecule has 0 aromatic heterocycles. The number of hydroxylamine groups is 4. The number of unbranched alkanes of at least 4 members (excludes halogenated alkanes) is 5. The number of para-hydroxylation sites is 2. The van der Waals surface area contributed by atoms with Crippen LogP contribution >= 0.6 is 0 Å². The first kappa shape index (κ1) is 47.0. The molecular formula is C48H66N4O10. The molecule has 4 saturated heterocycles. The van der Waals surface area contributed by atoms with E-state index in [1.165, 1.54) is 9.80 Å². The molecule has 338 valence electrons. The zero-order valence-electron chi connectivity index (χ0n) is 37.9. The Morgan fingerprint density at radius 1 is 0.500 bits per heavy atom. The van der Waals surface area contributed by atoms with E-state index in [2.05, 4.69) is 0 Å². The summed E-state index contributed by atoms with van der Waals surface area (Å²) in [6.45, 7) is 16.0. The van der Waals surface area contributed by atoms with Crippen molar-refractivity contribution in [3.8, 4) is 0 Å². The summed E-state index contributed by atoms with van der Waals surface area (Å²) in [6.07, 6.45) is 5.28. The zero-order valence-corrected chi connectivity index (χ0v) is 37.9. The smallest absolute Gasteiger partial charge is 0.306 e. The number of carbonyl (C=O) groups is 6. The standard InChI is InChI=1S/C48H66N4O10/c1-45(2)29-35(30-46(3,4)51(45)61-37-27-39(53)49(43(37)57)33-21-15-13-16-22-33)59-41(55)25-19-11-9-10-12-20-26-42(56)60-36-31-47(5,6)52(48(7,8)32-36)62-38-28-40(54)50(44(38)58)34-23-17-14-18-24-34/h13-18,21-24,35-38H,9-12,19-20,25-32H2,1-8H3. The van der Waals surface area contributed by atoms with E-state index in [0.717, 1.165) is 38.5 Å². The Balaban J connectivity index is 0.850. The van der Waals surface area contributed by atoms with Gasteiger partial charge in [-0.25, -0.2) is 9.80 Å². The number of nitrogens with zero attached hydrogens (tertiary/aromatic N) is 4. The van der Waals surface area contributed by atoms with E-state index in [4.69, 9.17) is 19.1 Å². The van der Waals surface area contributed by atoms with Crippen LogP contribution in [0.1, 0.15) is 145 Å². The molecular weight excluding hydrogens is 793 g/mol. The third-order valence-corrected chi connectivity index (χ3v) is 12.4. The molecule has 4 heterocycles. The van der Waals surface area contributed by atoms with Gasteiger partial charge in [-0.15, -0.1) is 0 Å². The highest BCUT2D eigenvalue weighted by atomic mass is 16.7. The quantitative estimate of drug-likeness (QED) is 0.0869. The van der Waals surface area contributed by atoms with Gasteiger partial charge in [0.05, 0.1) is 24.2 Å². The summed E-state index contributed by atoms with van der Waals surface area (Å²) in [5.74, 6) is -1.82. The van der Waals surface area contributed by atoms with Crippen molar-refractivity contribution in [2.75, 3.05) is 9.80 Å². The first-order valence-electron chi connectivity index (χ1n) is 22.4. The van der Waals surface area contributed by atoms with Gasteiger partial charge in [0.15, 0.2) is 12.2 Å². The van der Waals surface area contributed by atoms with Crippen LogP contribution in [0.2, 0.25) is 0 Å². The number of esters is 2.